The molecule has 7 nitrogen and oxygen atoms in total. The quantitative estimate of drug-likeness (QED) is 0.631. The fraction of sp³-hybridized carbons (Fsp3) is 0.250. The smallest absolute Gasteiger partial charge is 0.292 e. The zero-order valence-corrected chi connectivity index (χ0v) is 15.1. The number of nitrogens with one attached hydrogen (secondary N) is 3. The van der Waals surface area contributed by atoms with Gasteiger partial charge in [-0.3, -0.25) is 9.89 Å². The Morgan fingerprint density at radius 1 is 1.07 bits per heavy atom. The summed E-state index contributed by atoms with van der Waals surface area (Å²) in [5.74, 6) is -0.0880. The van der Waals surface area contributed by atoms with Crippen LogP contribution < -0.4 is 15.1 Å². The van der Waals surface area contributed by atoms with Crippen LogP contribution in [0.5, 0.6) is 0 Å². The second-order valence-corrected chi connectivity index (χ2v) is 6.73. The number of anilines is 2. The van der Waals surface area contributed by atoms with Crippen LogP contribution in [0, 0.1) is 0 Å². The van der Waals surface area contributed by atoms with Crippen LogP contribution in [0.3, 0.4) is 0 Å². The molecule has 27 heavy (non-hydrogen) atoms. The maximum absolute atomic E-state index is 12.0. The number of carbonyl (C=O) groups excluding carboxylic acids is 1. The van der Waals surface area contributed by atoms with Gasteiger partial charge in [-0.15, -0.1) is 0 Å². The second-order valence-electron chi connectivity index (χ2n) is 6.73. The van der Waals surface area contributed by atoms with E-state index in [-0.39, 0.29) is 11.7 Å². The van der Waals surface area contributed by atoms with Crippen molar-refractivity contribution in [3.05, 3.63) is 72.3 Å². The lowest BCUT2D eigenvalue weighted by Crippen LogP contribution is -3.13. The van der Waals surface area contributed by atoms with Crippen LogP contribution >= 0.6 is 0 Å². The Balaban J connectivity index is 1.30. The van der Waals surface area contributed by atoms with E-state index in [1.807, 2.05) is 12.1 Å². The largest absolute Gasteiger partial charge is 0.360 e. The molecule has 0 saturated carbocycles. The Hall–Kier alpha value is -3.19. The molecule has 7 heteroatoms. The molecule has 0 atom stereocenters. The molecule has 0 radical (unpaired) electrons. The number of nitrogens with zero attached hydrogens (tertiary/aromatic N) is 3. The van der Waals surface area contributed by atoms with Crippen LogP contribution in [0.15, 0.2) is 60.9 Å². The topological polar surface area (TPSA) is 78.3 Å². The molecule has 0 bridgehead atoms. The molecule has 1 aromatic heterocycles. The number of benzene rings is 2. The highest BCUT2D eigenvalue weighted by Crippen LogP contribution is 2.18. The predicted octanol–water partition coefficient (Wildman–Crippen LogP) is 0.962. The normalized spacial score (nSPS) is 14.9. The van der Waals surface area contributed by atoms with Gasteiger partial charge >= 0.3 is 0 Å². The van der Waals surface area contributed by atoms with Crippen LogP contribution in [-0.2, 0) is 6.54 Å². The first kappa shape index (κ1) is 17.2. The summed E-state index contributed by atoms with van der Waals surface area (Å²) in [4.78, 5) is 19.9. The van der Waals surface area contributed by atoms with E-state index in [1.165, 1.54) is 17.6 Å². The van der Waals surface area contributed by atoms with Crippen molar-refractivity contribution >= 4 is 17.3 Å². The number of quaternary nitrogens is 1. The van der Waals surface area contributed by atoms with Crippen molar-refractivity contribution in [1.82, 2.24) is 15.2 Å². The summed E-state index contributed by atoms with van der Waals surface area (Å²) in [6.45, 7) is 5.40. The monoisotopic (exact) mass is 363 g/mol. The summed E-state index contributed by atoms with van der Waals surface area (Å²) in [7, 11) is 0. The van der Waals surface area contributed by atoms with E-state index in [1.54, 1.807) is 4.90 Å². The molecule has 1 saturated heterocycles. The predicted molar refractivity (Wildman–Crippen MR) is 104 cm³/mol. The molecule has 1 aliphatic heterocycles. The Bertz CT molecular complexity index is 855. The standard InChI is InChI=1S/C20H22N6O/c27-20(19-21-15-22-24-19)23-17-6-8-18(9-7-17)26-12-10-25(11-13-26)14-16-4-2-1-3-5-16/h1-9,15H,10-14H2,(H,23,27)(H,21,22,24)/p+1. The Morgan fingerprint density at radius 3 is 2.48 bits per heavy atom. The fourth-order valence-corrected chi connectivity index (χ4v) is 3.40. The summed E-state index contributed by atoms with van der Waals surface area (Å²) < 4.78 is 0. The van der Waals surface area contributed by atoms with Crippen LogP contribution in [0.25, 0.3) is 0 Å². The molecule has 2 aromatic carbocycles. The maximum atomic E-state index is 12.0. The number of rotatable bonds is 5. The lowest BCUT2D eigenvalue weighted by atomic mass is 10.2. The van der Waals surface area contributed by atoms with Crippen molar-refractivity contribution in [2.75, 3.05) is 36.4 Å². The van der Waals surface area contributed by atoms with E-state index in [0.29, 0.717) is 0 Å². The van der Waals surface area contributed by atoms with Crippen LogP contribution in [0.2, 0.25) is 0 Å². The van der Waals surface area contributed by atoms with Gasteiger partial charge in [-0.25, -0.2) is 4.98 Å². The van der Waals surface area contributed by atoms with Crippen molar-refractivity contribution in [2.45, 2.75) is 6.54 Å². The molecule has 3 N–H and O–H groups in total. The number of amides is 1. The van der Waals surface area contributed by atoms with Crippen LogP contribution in [0.1, 0.15) is 16.2 Å². The van der Waals surface area contributed by atoms with Crippen LogP contribution in [-0.4, -0.2) is 47.3 Å². The van der Waals surface area contributed by atoms with Crippen molar-refractivity contribution < 1.29 is 9.69 Å². The molecule has 1 aliphatic rings. The lowest BCUT2D eigenvalue weighted by Gasteiger charge is -2.33. The first-order valence-corrected chi connectivity index (χ1v) is 9.17. The second kappa shape index (κ2) is 8.01. The van der Waals surface area contributed by atoms with Gasteiger partial charge in [0.05, 0.1) is 26.2 Å². The number of piperazine rings is 1. The van der Waals surface area contributed by atoms with E-state index >= 15 is 0 Å². The molecule has 138 valence electrons. The molecule has 1 amide bonds. The van der Waals surface area contributed by atoms with Crippen molar-refractivity contribution in [3.8, 4) is 0 Å². The maximum Gasteiger partial charge on any atom is 0.292 e. The third-order valence-electron chi connectivity index (χ3n) is 4.89. The number of aromatic amines is 1. The van der Waals surface area contributed by atoms with Gasteiger partial charge in [0.1, 0.15) is 12.9 Å². The van der Waals surface area contributed by atoms with Crippen molar-refractivity contribution in [1.29, 1.82) is 0 Å². The summed E-state index contributed by atoms with van der Waals surface area (Å²) in [5.41, 5.74) is 3.33. The van der Waals surface area contributed by atoms with E-state index in [0.717, 1.165) is 38.4 Å². The number of H-pyrrole nitrogens is 1. The van der Waals surface area contributed by atoms with E-state index in [2.05, 4.69) is 67.9 Å². The Labute approximate surface area is 158 Å². The highest BCUT2D eigenvalue weighted by Gasteiger charge is 2.20. The molecular formula is C20H23N6O+. The minimum Gasteiger partial charge on any atom is -0.360 e. The molecule has 4 rings (SSSR count). The van der Waals surface area contributed by atoms with Gasteiger partial charge in [-0.05, 0) is 24.3 Å². The summed E-state index contributed by atoms with van der Waals surface area (Å²) >= 11 is 0. The molecule has 0 aliphatic carbocycles. The van der Waals surface area contributed by atoms with E-state index in [9.17, 15) is 4.79 Å². The summed E-state index contributed by atoms with van der Waals surface area (Å²) in [6, 6.07) is 18.6. The zero-order valence-electron chi connectivity index (χ0n) is 15.1. The minimum absolute atomic E-state index is 0.205. The molecule has 0 spiro atoms. The fourth-order valence-electron chi connectivity index (χ4n) is 3.40. The van der Waals surface area contributed by atoms with E-state index in [4.69, 9.17) is 0 Å². The summed E-state index contributed by atoms with van der Waals surface area (Å²) in [6.07, 6.45) is 1.32. The lowest BCUT2D eigenvalue weighted by molar-refractivity contribution is -0.914. The third-order valence-corrected chi connectivity index (χ3v) is 4.89. The average Bonchev–Trinajstić information content (AvgIpc) is 3.25. The van der Waals surface area contributed by atoms with Crippen molar-refractivity contribution in [2.24, 2.45) is 0 Å². The highest BCUT2D eigenvalue weighted by atomic mass is 16.2. The molecule has 0 unspecified atom stereocenters. The zero-order chi connectivity index (χ0) is 18.5. The van der Waals surface area contributed by atoms with Gasteiger partial charge in [0, 0.05) is 16.9 Å². The third kappa shape index (κ3) is 4.32. The van der Waals surface area contributed by atoms with Gasteiger partial charge in [0.2, 0.25) is 5.82 Å². The Morgan fingerprint density at radius 2 is 1.81 bits per heavy atom. The first-order valence-electron chi connectivity index (χ1n) is 9.17. The molecule has 3 aromatic rings. The van der Waals surface area contributed by atoms with Crippen LogP contribution in [0.4, 0.5) is 11.4 Å². The number of hydrogen-bond donors (Lipinski definition) is 3. The van der Waals surface area contributed by atoms with Gasteiger partial charge in [-0.1, -0.05) is 30.3 Å². The molecule has 2 heterocycles. The number of aromatic nitrogens is 3. The van der Waals surface area contributed by atoms with E-state index < -0.39 is 0 Å². The van der Waals surface area contributed by atoms with Gasteiger partial charge in [0.15, 0.2) is 0 Å². The number of carbonyl (C=O) groups is 1. The van der Waals surface area contributed by atoms with Gasteiger partial charge < -0.3 is 15.1 Å². The SMILES string of the molecule is O=C(Nc1ccc(N2CC[NH+](Cc3ccccc3)CC2)cc1)c1ncn[nH]1. The van der Waals surface area contributed by atoms with Crippen molar-refractivity contribution in [3.63, 3.8) is 0 Å². The first-order chi connectivity index (χ1) is 13.3. The minimum atomic E-state index is -0.293. The van der Waals surface area contributed by atoms with Gasteiger partial charge in [0.25, 0.3) is 5.91 Å². The molecular weight excluding hydrogens is 340 g/mol. The highest BCUT2D eigenvalue weighted by molar-refractivity contribution is 6.01. The van der Waals surface area contributed by atoms with Gasteiger partial charge in [-0.2, -0.15) is 5.10 Å². The Kier molecular flexibility index (Phi) is 5.11. The molecule has 1 fully saturated rings. The average molecular weight is 363 g/mol. The number of hydrogen-bond acceptors (Lipinski definition) is 4. The summed E-state index contributed by atoms with van der Waals surface area (Å²) in [5, 5.41) is 9.06.